The van der Waals surface area contributed by atoms with Crippen LogP contribution in [0.3, 0.4) is 0 Å². The number of carboxylic acid groups (broad SMARTS) is 1. The van der Waals surface area contributed by atoms with Gasteiger partial charge in [-0.05, 0) is 12.1 Å². The number of benzene rings is 1. The summed E-state index contributed by atoms with van der Waals surface area (Å²) >= 11 is 0. The lowest BCUT2D eigenvalue weighted by molar-refractivity contribution is -0.141. The van der Waals surface area contributed by atoms with Crippen LogP contribution in [0.1, 0.15) is 6.42 Å². The highest BCUT2D eigenvalue weighted by Gasteiger charge is 2.40. The van der Waals surface area contributed by atoms with E-state index in [1.165, 1.54) is 7.11 Å². The highest BCUT2D eigenvalue weighted by Crippen LogP contribution is 2.22. The number of hydrogen-bond donors (Lipinski definition) is 2. The van der Waals surface area contributed by atoms with Gasteiger partial charge in [0, 0.05) is 26.1 Å². The van der Waals surface area contributed by atoms with Crippen molar-refractivity contribution < 1.29 is 28.2 Å². The Kier molecular flexibility index (Phi) is 4.37. The van der Waals surface area contributed by atoms with Gasteiger partial charge in [0.1, 0.15) is 17.7 Å². The van der Waals surface area contributed by atoms with E-state index in [0.29, 0.717) is 6.07 Å². The minimum absolute atomic E-state index is 0.0854. The fourth-order valence-corrected chi connectivity index (χ4v) is 2.20. The van der Waals surface area contributed by atoms with E-state index in [0.717, 1.165) is 17.0 Å². The molecule has 0 aliphatic carbocycles. The summed E-state index contributed by atoms with van der Waals surface area (Å²) in [5.74, 6) is -2.86. The maximum Gasteiger partial charge on any atom is 0.326 e. The van der Waals surface area contributed by atoms with Crippen LogP contribution in [-0.2, 0) is 9.53 Å². The van der Waals surface area contributed by atoms with Crippen molar-refractivity contribution in [3.8, 4) is 0 Å². The number of methoxy groups -OCH3 is 1. The molecule has 8 heteroatoms. The Morgan fingerprint density at radius 3 is 2.71 bits per heavy atom. The zero-order chi connectivity index (χ0) is 15.6. The number of carbonyl (C=O) groups excluding carboxylic acids is 1. The Morgan fingerprint density at radius 1 is 1.43 bits per heavy atom. The van der Waals surface area contributed by atoms with E-state index in [9.17, 15) is 18.4 Å². The Balaban J connectivity index is 2.13. The van der Waals surface area contributed by atoms with Crippen LogP contribution in [0.5, 0.6) is 0 Å². The Labute approximate surface area is 119 Å². The number of likely N-dealkylation sites (tertiary alicyclic amines) is 1. The molecule has 1 aliphatic rings. The molecule has 6 nitrogen and oxygen atoms in total. The quantitative estimate of drug-likeness (QED) is 0.890. The van der Waals surface area contributed by atoms with Crippen molar-refractivity contribution in [1.82, 2.24) is 4.90 Å². The molecule has 1 aromatic rings. The molecule has 21 heavy (non-hydrogen) atoms. The number of nitrogens with one attached hydrogen (secondary N) is 1. The van der Waals surface area contributed by atoms with Gasteiger partial charge < -0.3 is 20.1 Å². The minimum atomic E-state index is -1.16. The lowest BCUT2D eigenvalue weighted by atomic mass is 10.2. The van der Waals surface area contributed by atoms with E-state index in [-0.39, 0.29) is 18.7 Å². The van der Waals surface area contributed by atoms with Crippen LogP contribution >= 0.6 is 0 Å². The molecule has 0 saturated carbocycles. The Morgan fingerprint density at radius 2 is 2.14 bits per heavy atom. The second kappa shape index (κ2) is 6.04. The maximum atomic E-state index is 13.5. The van der Waals surface area contributed by atoms with Crippen LogP contribution in [0.25, 0.3) is 0 Å². The van der Waals surface area contributed by atoms with Crippen LogP contribution in [-0.4, -0.2) is 47.8 Å². The molecule has 2 unspecified atom stereocenters. The van der Waals surface area contributed by atoms with Gasteiger partial charge in [0.15, 0.2) is 0 Å². The summed E-state index contributed by atoms with van der Waals surface area (Å²) < 4.78 is 31.3. The molecule has 1 aromatic carbocycles. The van der Waals surface area contributed by atoms with E-state index >= 15 is 0 Å². The van der Waals surface area contributed by atoms with Gasteiger partial charge in [-0.3, -0.25) is 0 Å². The molecule has 1 fully saturated rings. The van der Waals surface area contributed by atoms with Gasteiger partial charge in [-0.15, -0.1) is 0 Å². The topological polar surface area (TPSA) is 78.9 Å². The van der Waals surface area contributed by atoms with E-state index in [2.05, 4.69) is 5.32 Å². The summed E-state index contributed by atoms with van der Waals surface area (Å²) in [6.07, 6.45) is -0.236. The number of carbonyl (C=O) groups is 2. The number of anilines is 1. The minimum Gasteiger partial charge on any atom is -0.480 e. The normalized spacial score (nSPS) is 21.4. The first-order valence-electron chi connectivity index (χ1n) is 6.20. The number of halogens is 2. The molecule has 2 amide bonds. The molecule has 114 valence electrons. The molecular formula is C13H14F2N2O4. The average Bonchev–Trinajstić information content (AvgIpc) is 2.86. The molecule has 0 bridgehead atoms. The zero-order valence-electron chi connectivity index (χ0n) is 11.2. The molecule has 0 radical (unpaired) electrons. The van der Waals surface area contributed by atoms with Crippen molar-refractivity contribution in [2.45, 2.75) is 18.6 Å². The number of urea groups is 1. The molecule has 2 N–H and O–H groups in total. The second-order valence-electron chi connectivity index (χ2n) is 4.65. The largest absolute Gasteiger partial charge is 0.480 e. The molecule has 2 atom stereocenters. The zero-order valence-corrected chi connectivity index (χ0v) is 11.2. The molecule has 1 saturated heterocycles. The third-order valence-electron chi connectivity index (χ3n) is 3.31. The predicted octanol–water partition coefficient (Wildman–Crippen LogP) is 1.67. The van der Waals surface area contributed by atoms with Gasteiger partial charge in [-0.2, -0.15) is 0 Å². The monoisotopic (exact) mass is 300 g/mol. The van der Waals surface area contributed by atoms with E-state index in [1.54, 1.807) is 0 Å². The molecule has 2 rings (SSSR count). The van der Waals surface area contributed by atoms with Gasteiger partial charge >= 0.3 is 12.0 Å². The highest BCUT2D eigenvalue weighted by atomic mass is 19.1. The first-order chi connectivity index (χ1) is 9.92. The third kappa shape index (κ3) is 3.27. The Bertz CT molecular complexity index is 567. The smallest absolute Gasteiger partial charge is 0.326 e. The van der Waals surface area contributed by atoms with Crippen molar-refractivity contribution in [1.29, 1.82) is 0 Å². The van der Waals surface area contributed by atoms with Crippen molar-refractivity contribution >= 4 is 17.7 Å². The van der Waals surface area contributed by atoms with Crippen LogP contribution < -0.4 is 5.32 Å². The summed E-state index contributed by atoms with van der Waals surface area (Å²) in [6.45, 7) is 0.0854. The molecule has 0 aromatic heterocycles. The average molecular weight is 300 g/mol. The first kappa shape index (κ1) is 15.2. The molecule has 0 spiro atoms. The summed E-state index contributed by atoms with van der Waals surface area (Å²) in [5.41, 5.74) is -0.216. The van der Waals surface area contributed by atoms with Gasteiger partial charge in [0.05, 0.1) is 11.8 Å². The van der Waals surface area contributed by atoms with Crippen LogP contribution in [0.2, 0.25) is 0 Å². The summed E-state index contributed by atoms with van der Waals surface area (Å²) in [5, 5.41) is 11.3. The maximum absolute atomic E-state index is 13.5. The number of carboxylic acids is 1. The highest BCUT2D eigenvalue weighted by molar-refractivity contribution is 5.92. The Hall–Kier alpha value is -2.22. The van der Waals surface area contributed by atoms with Crippen LogP contribution in [0, 0.1) is 11.6 Å². The molecular weight excluding hydrogens is 286 g/mol. The summed E-state index contributed by atoms with van der Waals surface area (Å²) in [4.78, 5) is 24.3. The number of hydrogen-bond acceptors (Lipinski definition) is 3. The lowest BCUT2D eigenvalue weighted by Gasteiger charge is -2.21. The number of rotatable bonds is 3. The summed E-state index contributed by atoms with van der Waals surface area (Å²) in [7, 11) is 1.42. The number of amides is 2. The van der Waals surface area contributed by atoms with Gasteiger partial charge in [-0.25, -0.2) is 18.4 Å². The number of ether oxygens (including phenoxy) is 1. The number of aliphatic carboxylic acids is 1. The van der Waals surface area contributed by atoms with E-state index in [4.69, 9.17) is 9.84 Å². The summed E-state index contributed by atoms with van der Waals surface area (Å²) in [6, 6.07) is 0.884. The van der Waals surface area contributed by atoms with Crippen molar-refractivity contribution in [3.63, 3.8) is 0 Å². The third-order valence-corrected chi connectivity index (χ3v) is 3.31. The van der Waals surface area contributed by atoms with Gasteiger partial charge in [0.2, 0.25) is 0 Å². The van der Waals surface area contributed by atoms with Crippen molar-refractivity contribution in [2.75, 3.05) is 19.0 Å². The van der Waals surface area contributed by atoms with Gasteiger partial charge in [-0.1, -0.05) is 0 Å². The fraction of sp³-hybridized carbons (Fsp3) is 0.385. The van der Waals surface area contributed by atoms with E-state index in [1.807, 2.05) is 0 Å². The van der Waals surface area contributed by atoms with Crippen molar-refractivity contribution in [3.05, 3.63) is 29.8 Å². The first-order valence-corrected chi connectivity index (χ1v) is 6.20. The predicted molar refractivity (Wildman–Crippen MR) is 68.9 cm³/mol. The lowest BCUT2D eigenvalue weighted by Crippen LogP contribution is -2.43. The molecule has 1 heterocycles. The van der Waals surface area contributed by atoms with Crippen LogP contribution in [0.4, 0.5) is 19.3 Å². The fourth-order valence-electron chi connectivity index (χ4n) is 2.20. The number of nitrogens with zero attached hydrogens (tertiary/aromatic N) is 1. The van der Waals surface area contributed by atoms with Crippen molar-refractivity contribution in [2.24, 2.45) is 0 Å². The van der Waals surface area contributed by atoms with Crippen LogP contribution in [0.15, 0.2) is 18.2 Å². The molecule has 1 aliphatic heterocycles. The second-order valence-corrected chi connectivity index (χ2v) is 4.65. The van der Waals surface area contributed by atoms with Gasteiger partial charge in [0.25, 0.3) is 0 Å². The van der Waals surface area contributed by atoms with E-state index < -0.39 is 35.8 Å². The SMILES string of the molecule is COC1CC(C(=O)O)N(C(=O)Nc2ccc(F)cc2F)C1. The standard InChI is InChI=1S/C13H14F2N2O4/c1-21-8-5-11(12(18)19)17(6-8)13(20)16-10-3-2-7(14)4-9(10)15/h2-4,8,11H,5-6H2,1H3,(H,16,20)(H,18,19).